The highest BCUT2D eigenvalue weighted by atomic mass is 16.2. The zero-order valence-electron chi connectivity index (χ0n) is 18.2. The van der Waals surface area contributed by atoms with Crippen molar-refractivity contribution in [2.45, 2.75) is 18.4 Å². The Morgan fingerprint density at radius 3 is 1.94 bits per heavy atom. The van der Waals surface area contributed by atoms with E-state index in [1.54, 1.807) is 77.7 Å². The Bertz CT molecular complexity index is 1220. The first-order valence-electron chi connectivity index (χ1n) is 11.0. The third-order valence-electron chi connectivity index (χ3n) is 6.16. The van der Waals surface area contributed by atoms with Crippen molar-refractivity contribution >= 4 is 29.4 Å². The SMILES string of the molecule is O=C(NN1C(=O)NC(c2ccccc2)(c2ccccc2)C1=O)c1ccc(N2CCCC2=O)cc1. The minimum Gasteiger partial charge on any atom is -0.314 e. The molecule has 3 aromatic rings. The summed E-state index contributed by atoms with van der Waals surface area (Å²) >= 11 is 0. The van der Waals surface area contributed by atoms with Crippen molar-refractivity contribution < 1.29 is 19.2 Å². The summed E-state index contributed by atoms with van der Waals surface area (Å²) in [4.78, 5) is 53.1. The lowest BCUT2D eigenvalue weighted by atomic mass is 9.83. The molecule has 2 fully saturated rings. The summed E-state index contributed by atoms with van der Waals surface area (Å²) in [6, 6.07) is 23.6. The second kappa shape index (κ2) is 8.47. The number of nitrogens with zero attached hydrogens (tertiary/aromatic N) is 2. The van der Waals surface area contributed by atoms with Gasteiger partial charge in [0.1, 0.15) is 0 Å². The van der Waals surface area contributed by atoms with E-state index in [0.717, 1.165) is 11.4 Å². The number of amides is 5. The smallest absolute Gasteiger partial charge is 0.314 e. The van der Waals surface area contributed by atoms with Crippen LogP contribution >= 0.6 is 0 Å². The van der Waals surface area contributed by atoms with Crippen LogP contribution in [0.3, 0.4) is 0 Å². The fraction of sp³-hybridized carbons (Fsp3) is 0.154. The Labute approximate surface area is 196 Å². The lowest BCUT2D eigenvalue weighted by molar-refractivity contribution is -0.131. The van der Waals surface area contributed by atoms with Gasteiger partial charge in [0.25, 0.3) is 11.8 Å². The average Bonchev–Trinajstić information content (AvgIpc) is 3.42. The first-order chi connectivity index (χ1) is 16.5. The molecule has 3 aromatic carbocycles. The molecule has 0 aromatic heterocycles. The summed E-state index contributed by atoms with van der Waals surface area (Å²) in [5.41, 5.74) is 3.10. The van der Waals surface area contributed by atoms with Gasteiger partial charge in [0, 0.05) is 24.2 Å². The van der Waals surface area contributed by atoms with E-state index >= 15 is 0 Å². The van der Waals surface area contributed by atoms with Gasteiger partial charge < -0.3 is 10.2 Å². The van der Waals surface area contributed by atoms with Crippen molar-refractivity contribution in [2.24, 2.45) is 0 Å². The van der Waals surface area contributed by atoms with Crippen LogP contribution in [-0.2, 0) is 15.1 Å². The van der Waals surface area contributed by atoms with Crippen molar-refractivity contribution in [3.8, 4) is 0 Å². The third-order valence-corrected chi connectivity index (χ3v) is 6.16. The fourth-order valence-corrected chi connectivity index (χ4v) is 4.45. The maximum Gasteiger partial charge on any atom is 0.344 e. The number of carbonyl (C=O) groups excluding carboxylic acids is 4. The van der Waals surface area contributed by atoms with Gasteiger partial charge in [-0.3, -0.25) is 19.8 Å². The molecule has 170 valence electrons. The monoisotopic (exact) mass is 454 g/mol. The van der Waals surface area contributed by atoms with Crippen LogP contribution in [0.15, 0.2) is 84.9 Å². The van der Waals surface area contributed by atoms with Gasteiger partial charge >= 0.3 is 6.03 Å². The largest absolute Gasteiger partial charge is 0.344 e. The lowest BCUT2D eigenvalue weighted by Gasteiger charge is -2.27. The van der Waals surface area contributed by atoms with Gasteiger partial charge in [-0.2, -0.15) is 5.01 Å². The van der Waals surface area contributed by atoms with Crippen molar-refractivity contribution in [3.63, 3.8) is 0 Å². The molecule has 0 spiro atoms. The molecule has 8 nitrogen and oxygen atoms in total. The van der Waals surface area contributed by atoms with E-state index in [1.165, 1.54) is 0 Å². The van der Waals surface area contributed by atoms with E-state index in [2.05, 4.69) is 10.7 Å². The lowest BCUT2D eigenvalue weighted by Crippen LogP contribution is -2.49. The van der Waals surface area contributed by atoms with Crippen LogP contribution in [0, 0.1) is 0 Å². The Morgan fingerprint density at radius 1 is 0.824 bits per heavy atom. The Hall–Kier alpha value is -4.46. The molecule has 2 aliphatic heterocycles. The van der Waals surface area contributed by atoms with E-state index in [9.17, 15) is 19.2 Å². The maximum atomic E-state index is 13.7. The van der Waals surface area contributed by atoms with Crippen LogP contribution in [0.5, 0.6) is 0 Å². The second-order valence-electron chi connectivity index (χ2n) is 8.19. The van der Waals surface area contributed by atoms with Crippen LogP contribution in [0.2, 0.25) is 0 Å². The number of hydrogen-bond acceptors (Lipinski definition) is 4. The molecule has 2 heterocycles. The van der Waals surface area contributed by atoms with Crippen molar-refractivity contribution in [3.05, 3.63) is 102 Å². The Morgan fingerprint density at radius 2 is 1.41 bits per heavy atom. The van der Waals surface area contributed by atoms with Crippen LogP contribution in [0.25, 0.3) is 0 Å². The predicted molar refractivity (Wildman–Crippen MR) is 125 cm³/mol. The van der Waals surface area contributed by atoms with E-state index in [1.807, 2.05) is 12.1 Å². The fourth-order valence-electron chi connectivity index (χ4n) is 4.45. The molecule has 0 atom stereocenters. The zero-order valence-corrected chi connectivity index (χ0v) is 18.2. The van der Waals surface area contributed by atoms with Crippen LogP contribution < -0.4 is 15.6 Å². The molecule has 5 rings (SSSR count). The highest BCUT2D eigenvalue weighted by Gasteiger charge is 2.54. The van der Waals surface area contributed by atoms with E-state index in [0.29, 0.717) is 29.8 Å². The Balaban J connectivity index is 1.41. The number of urea groups is 1. The first-order valence-corrected chi connectivity index (χ1v) is 11.0. The van der Waals surface area contributed by atoms with Crippen LogP contribution in [0.4, 0.5) is 10.5 Å². The van der Waals surface area contributed by atoms with Crippen LogP contribution in [-0.4, -0.2) is 35.3 Å². The standard InChI is InChI=1S/C26H22N4O4/c31-22-12-7-17-29(22)21-15-13-18(14-16-21)23(32)28-30-24(33)26(27-25(30)34,19-8-3-1-4-9-19)20-10-5-2-6-11-20/h1-6,8-11,13-16H,7,12,17H2,(H,27,34)(H,28,32). The number of rotatable bonds is 5. The average molecular weight is 454 g/mol. The van der Waals surface area contributed by atoms with E-state index in [-0.39, 0.29) is 11.5 Å². The molecule has 0 radical (unpaired) electrons. The van der Waals surface area contributed by atoms with Gasteiger partial charge in [-0.05, 0) is 41.8 Å². The number of anilines is 1. The topological polar surface area (TPSA) is 98.8 Å². The highest BCUT2D eigenvalue weighted by Crippen LogP contribution is 2.35. The predicted octanol–water partition coefficient (Wildman–Crippen LogP) is 2.95. The molecule has 2 N–H and O–H groups in total. The van der Waals surface area contributed by atoms with Gasteiger partial charge in [-0.25, -0.2) is 4.79 Å². The molecule has 2 aliphatic rings. The maximum absolute atomic E-state index is 13.7. The third kappa shape index (κ3) is 3.49. The molecular weight excluding hydrogens is 432 g/mol. The number of hydrogen-bond donors (Lipinski definition) is 2. The molecule has 0 unspecified atom stereocenters. The number of hydrazine groups is 1. The molecule has 0 saturated carbocycles. The molecule has 2 saturated heterocycles. The molecule has 0 bridgehead atoms. The van der Waals surface area contributed by atoms with Crippen molar-refractivity contribution in [1.82, 2.24) is 15.8 Å². The molecule has 5 amide bonds. The summed E-state index contributed by atoms with van der Waals surface area (Å²) in [5.74, 6) is -1.17. The number of carbonyl (C=O) groups is 4. The molecule has 34 heavy (non-hydrogen) atoms. The van der Waals surface area contributed by atoms with Crippen molar-refractivity contribution in [1.29, 1.82) is 0 Å². The second-order valence-corrected chi connectivity index (χ2v) is 8.19. The summed E-state index contributed by atoms with van der Waals surface area (Å²) in [6.07, 6.45) is 1.32. The van der Waals surface area contributed by atoms with Gasteiger partial charge in [0.2, 0.25) is 5.91 Å². The molecular formula is C26H22N4O4. The minimum absolute atomic E-state index is 0.0506. The zero-order chi connectivity index (χ0) is 23.7. The van der Waals surface area contributed by atoms with E-state index in [4.69, 9.17) is 0 Å². The molecule has 0 aliphatic carbocycles. The summed E-state index contributed by atoms with van der Waals surface area (Å²) < 4.78 is 0. The minimum atomic E-state index is -1.47. The number of nitrogens with one attached hydrogen (secondary N) is 2. The quantitative estimate of drug-likeness (QED) is 0.579. The van der Waals surface area contributed by atoms with Crippen molar-refractivity contribution in [2.75, 3.05) is 11.4 Å². The van der Waals surface area contributed by atoms with Gasteiger partial charge in [-0.15, -0.1) is 0 Å². The number of benzene rings is 3. The Kier molecular flexibility index (Phi) is 5.33. The summed E-state index contributed by atoms with van der Waals surface area (Å²) in [5, 5.41) is 3.51. The summed E-state index contributed by atoms with van der Waals surface area (Å²) in [7, 11) is 0. The summed E-state index contributed by atoms with van der Waals surface area (Å²) in [6.45, 7) is 0.647. The van der Waals surface area contributed by atoms with Gasteiger partial charge in [0.05, 0.1) is 0 Å². The van der Waals surface area contributed by atoms with Crippen LogP contribution in [0.1, 0.15) is 34.3 Å². The highest BCUT2D eigenvalue weighted by molar-refractivity contribution is 6.11. The van der Waals surface area contributed by atoms with E-state index < -0.39 is 23.4 Å². The van der Waals surface area contributed by atoms with Gasteiger partial charge in [0.15, 0.2) is 5.54 Å². The normalized spacial score (nSPS) is 17.1. The molecule has 8 heteroatoms. The van der Waals surface area contributed by atoms with Gasteiger partial charge in [-0.1, -0.05) is 60.7 Å². The number of imide groups is 1. The first kappa shape index (κ1) is 21.4.